The summed E-state index contributed by atoms with van der Waals surface area (Å²) in [6.45, 7) is 0. The Balaban J connectivity index is 1.40. The van der Waals surface area contributed by atoms with Gasteiger partial charge in [0.2, 0.25) is 0 Å². The molecule has 0 heterocycles. The largest absolute Gasteiger partial charge is 0.490 e. The predicted molar refractivity (Wildman–Crippen MR) is 83.1 cm³/mol. The van der Waals surface area contributed by atoms with E-state index in [0.717, 1.165) is 17.8 Å². The van der Waals surface area contributed by atoms with Crippen LogP contribution in [0.5, 0.6) is 5.75 Å². The van der Waals surface area contributed by atoms with Crippen LogP contribution in [0.3, 0.4) is 0 Å². The highest BCUT2D eigenvalue weighted by Gasteiger charge is 2.24. The molecule has 0 bridgehead atoms. The summed E-state index contributed by atoms with van der Waals surface area (Å²) in [6, 6.07) is 11.8. The molecule has 2 nitrogen and oxygen atoms in total. The van der Waals surface area contributed by atoms with Gasteiger partial charge in [0.05, 0.1) is 6.10 Å². The minimum atomic E-state index is 0.418. The van der Waals surface area contributed by atoms with Crippen LogP contribution in [0.1, 0.15) is 57.8 Å². The second kappa shape index (κ2) is 7.12. The van der Waals surface area contributed by atoms with E-state index in [1.54, 1.807) is 0 Å². The Morgan fingerprint density at radius 2 is 1.40 bits per heavy atom. The molecular weight excluding hydrogens is 246 g/mol. The fraction of sp³-hybridized carbons (Fsp3) is 0.667. The molecule has 0 spiro atoms. The van der Waals surface area contributed by atoms with Crippen molar-refractivity contribution in [2.45, 2.75) is 76.0 Å². The van der Waals surface area contributed by atoms with Crippen molar-refractivity contribution in [1.29, 1.82) is 0 Å². The van der Waals surface area contributed by atoms with Crippen LogP contribution in [0.2, 0.25) is 0 Å². The van der Waals surface area contributed by atoms with Crippen LogP contribution in [0, 0.1) is 0 Å². The Morgan fingerprint density at radius 3 is 2.10 bits per heavy atom. The molecule has 20 heavy (non-hydrogen) atoms. The van der Waals surface area contributed by atoms with Crippen molar-refractivity contribution in [2.24, 2.45) is 0 Å². The van der Waals surface area contributed by atoms with Gasteiger partial charge in [0, 0.05) is 12.1 Å². The van der Waals surface area contributed by atoms with E-state index in [4.69, 9.17) is 4.74 Å². The Hall–Kier alpha value is -1.02. The molecule has 1 aromatic rings. The molecule has 0 unspecified atom stereocenters. The molecule has 2 aliphatic rings. The first-order valence-electron chi connectivity index (χ1n) is 8.38. The van der Waals surface area contributed by atoms with Gasteiger partial charge >= 0.3 is 0 Å². The summed E-state index contributed by atoms with van der Waals surface area (Å²) in [7, 11) is 0. The lowest BCUT2D eigenvalue weighted by Crippen LogP contribution is -2.42. The van der Waals surface area contributed by atoms with Crippen LogP contribution >= 0.6 is 0 Å². The van der Waals surface area contributed by atoms with E-state index in [0.29, 0.717) is 6.10 Å². The third-order valence-corrected chi connectivity index (χ3v) is 4.80. The van der Waals surface area contributed by atoms with Gasteiger partial charge in [0.25, 0.3) is 0 Å². The van der Waals surface area contributed by atoms with Crippen molar-refractivity contribution in [1.82, 2.24) is 5.32 Å². The molecule has 1 aromatic carbocycles. The fourth-order valence-corrected chi connectivity index (χ4v) is 3.64. The van der Waals surface area contributed by atoms with E-state index in [1.165, 1.54) is 57.8 Å². The molecule has 2 fully saturated rings. The lowest BCUT2D eigenvalue weighted by molar-refractivity contribution is 0.134. The zero-order valence-electron chi connectivity index (χ0n) is 12.4. The van der Waals surface area contributed by atoms with Crippen molar-refractivity contribution >= 4 is 0 Å². The minimum absolute atomic E-state index is 0.418. The van der Waals surface area contributed by atoms with E-state index in [2.05, 4.69) is 17.4 Å². The highest BCUT2D eigenvalue weighted by Crippen LogP contribution is 2.25. The van der Waals surface area contributed by atoms with Crippen molar-refractivity contribution in [3.8, 4) is 5.75 Å². The fourth-order valence-electron chi connectivity index (χ4n) is 3.64. The first-order chi connectivity index (χ1) is 9.90. The van der Waals surface area contributed by atoms with E-state index >= 15 is 0 Å². The SMILES string of the molecule is c1ccc(O[C@H]2CC[C@H](NC3CCCCC3)CC2)cc1. The normalized spacial score (nSPS) is 28.2. The van der Waals surface area contributed by atoms with Crippen molar-refractivity contribution < 1.29 is 4.74 Å². The number of nitrogens with one attached hydrogen (secondary N) is 1. The molecule has 2 saturated carbocycles. The van der Waals surface area contributed by atoms with Crippen LogP contribution < -0.4 is 10.1 Å². The van der Waals surface area contributed by atoms with Crippen LogP contribution in [0.15, 0.2) is 30.3 Å². The molecule has 2 aliphatic carbocycles. The zero-order valence-corrected chi connectivity index (χ0v) is 12.4. The Kier molecular flexibility index (Phi) is 4.96. The molecule has 0 radical (unpaired) electrons. The maximum absolute atomic E-state index is 6.07. The highest BCUT2D eigenvalue weighted by atomic mass is 16.5. The average Bonchev–Trinajstić information content (AvgIpc) is 2.51. The zero-order chi connectivity index (χ0) is 13.6. The maximum Gasteiger partial charge on any atom is 0.119 e. The lowest BCUT2D eigenvalue weighted by atomic mass is 9.89. The van der Waals surface area contributed by atoms with E-state index in [-0.39, 0.29) is 0 Å². The molecule has 0 aliphatic heterocycles. The van der Waals surface area contributed by atoms with E-state index in [9.17, 15) is 0 Å². The molecule has 0 atom stereocenters. The summed E-state index contributed by atoms with van der Waals surface area (Å²) in [5.41, 5.74) is 0. The minimum Gasteiger partial charge on any atom is -0.490 e. The number of hydrogen-bond acceptors (Lipinski definition) is 2. The van der Waals surface area contributed by atoms with Crippen molar-refractivity contribution in [3.63, 3.8) is 0 Å². The first kappa shape index (κ1) is 13.9. The van der Waals surface area contributed by atoms with E-state index < -0.39 is 0 Å². The monoisotopic (exact) mass is 273 g/mol. The standard InChI is InChI=1S/C18H27NO/c1-3-7-15(8-4-1)19-16-11-13-18(14-12-16)20-17-9-5-2-6-10-17/h2,5-6,9-10,15-16,18-19H,1,3-4,7-8,11-14H2/t16-,18-. The van der Waals surface area contributed by atoms with Crippen molar-refractivity contribution in [2.75, 3.05) is 0 Å². The van der Waals surface area contributed by atoms with Gasteiger partial charge in [-0.3, -0.25) is 0 Å². The van der Waals surface area contributed by atoms with Gasteiger partial charge in [0.1, 0.15) is 5.75 Å². The highest BCUT2D eigenvalue weighted by molar-refractivity contribution is 5.21. The average molecular weight is 273 g/mol. The molecule has 2 heteroatoms. The third-order valence-electron chi connectivity index (χ3n) is 4.80. The summed E-state index contributed by atoms with van der Waals surface area (Å²) < 4.78 is 6.07. The van der Waals surface area contributed by atoms with Gasteiger partial charge < -0.3 is 10.1 Å². The predicted octanol–water partition coefficient (Wildman–Crippen LogP) is 4.30. The second-order valence-corrected chi connectivity index (χ2v) is 6.41. The van der Waals surface area contributed by atoms with Crippen molar-refractivity contribution in [3.05, 3.63) is 30.3 Å². The van der Waals surface area contributed by atoms with Gasteiger partial charge in [0.15, 0.2) is 0 Å². The van der Waals surface area contributed by atoms with E-state index in [1.807, 2.05) is 18.2 Å². The van der Waals surface area contributed by atoms with Gasteiger partial charge in [-0.2, -0.15) is 0 Å². The number of hydrogen-bond donors (Lipinski definition) is 1. The Morgan fingerprint density at radius 1 is 0.750 bits per heavy atom. The maximum atomic E-state index is 6.07. The van der Waals surface area contributed by atoms with Crippen LogP contribution in [0.4, 0.5) is 0 Å². The summed E-state index contributed by atoms with van der Waals surface area (Å²) >= 11 is 0. The summed E-state index contributed by atoms with van der Waals surface area (Å²) in [4.78, 5) is 0. The van der Waals surface area contributed by atoms with Crippen LogP contribution in [-0.4, -0.2) is 18.2 Å². The van der Waals surface area contributed by atoms with Gasteiger partial charge in [-0.05, 0) is 50.7 Å². The molecule has 1 N–H and O–H groups in total. The van der Waals surface area contributed by atoms with Gasteiger partial charge in [-0.15, -0.1) is 0 Å². The molecule has 0 aromatic heterocycles. The molecular formula is C18H27NO. The van der Waals surface area contributed by atoms with Gasteiger partial charge in [-0.1, -0.05) is 37.5 Å². The number of para-hydroxylation sites is 1. The summed E-state index contributed by atoms with van der Waals surface area (Å²) in [5, 5.41) is 3.89. The van der Waals surface area contributed by atoms with Gasteiger partial charge in [-0.25, -0.2) is 0 Å². The summed E-state index contributed by atoms with van der Waals surface area (Å²) in [5.74, 6) is 1.02. The number of rotatable bonds is 4. The van der Waals surface area contributed by atoms with Crippen LogP contribution in [0.25, 0.3) is 0 Å². The Labute approximate surface area is 122 Å². The second-order valence-electron chi connectivity index (χ2n) is 6.41. The molecule has 0 saturated heterocycles. The smallest absolute Gasteiger partial charge is 0.119 e. The number of ether oxygens (including phenoxy) is 1. The molecule has 0 amide bonds. The first-order valence-corrected chi connectivity index (χ1v) is 8.38. The van der Waals surface area contributed by atoms with Crippen LogP contribution in [-0.2, 0) is 0 Å². The molecule has 3 rings (SSSR count). The lowest BCUT2D eigenvalue weighted by Gasteiger charge is -2.33. The molecule has 110 valence electrons. The quantitative estimate of drug-likeness (QED) is 0.883. The Bertz CT molecular complexity index is 378. The topological polar surface area (TPSA) is 21.3 Å². The third kappa shape index (κ3) is 3.99. The summed E-state index contributed by atoms with van der Waals surface area (Å²) in [6.07, 6.45) is 12.4. The number of benzene rings is 1.